The van der Waals surface area contributed by atoms with Gasteiger partial charge in [-0.2, -0.15) is 0 Å². The highest BCUT2D eigenvalue weighted by Crippen LogP contribution is 2.06. The fourth-order valence-corrected chi connectivity index (χ4v) is 0.828. The van der Waals surface area contributed by atoms with Crippen molar-refractivity contribution >= 4 is 11.9 Å². The maximum Gasteiger partial charge on any atom is 0.322 e. The van der Waals surface area contributed by atoms with Gasteiger partial charge in [-0.3, -0.25) is 9.59 Å². The van der Waals surface area contributed by atoms with Crippen molar-refractivity contribution in [2.24, 2.45) is 0 Å². The number of carboxylic acid groups (broad SMARTS) is 1. The highest BCUT2D eigenvalue weighted by atomic mass is 16.5. The normalized spacial score (nSPS) is 9.79. The molecule has 0 bridgehead atoms. The zero-order chi connectivity index (χ0) is 10.6. The van der Waals surface area contributed by atoms with Gasteiger partial charge < -0.3 is 19.9 Å². The minimum absolute atomic E-state index is 0.0182. The number of rotatable bonds is 4. The number of furan rings is 1. The molecule has 1 amide bonds. The van der Waals surface area contributed by atoms with Gasteiger partial charge >= 0.3 is 5.97 Å². The fourth-order valence-electron chi connectivity index (χ4n) is 0.828. The second-order valence-electron chi connectivity index (χ2n) is 2.50. The number of carboxylic acids is 1. The van der Waals surface area contributed by atoms with Crippen molar-refractivity contribution in [2.75, 3.05) is 6.54 Å². The van der Waals surface area contributed by atoms with Crippen LogP contribution in [0.5, 0.6) is 0 Å². The average molecular weight is 205 g/mol. The zero-order valence-electron chi connectivity index (χ0n) is 7.19. The Morgan fingerprint density at radius 3 is 2.64 bits per heavy atom. The maximum atomic E-state index is 11.1. The van der Waals surface area contributed by atoms with Gasteiger partial charge in [0.15, 0.2) is 5.76 Å². The summed E-state index contributed by atoms with van der Waals surface area (Å²) >= 11 is 0. The van der Waals surface area contributed by atoms with E-state index in [1.165, 1.54) is 12.1 Å². The van der Waals surface area contributed by atoms with Crippen molar-refractivity contribution < 1.29 is 24.2 Å². The Morgan fingerprint density at radius 1 is 1.43 bits per heavy atom. The zero-order valence-corrected chi connectivity index (χ0v) is 7.19. The molecule has 0 aromatic carbocycles. The summed E-state index contributed by atoms with van der Waals surface area (Å²) in [5, 5.41) is 19.0. The van der Waals surface area contributed by atoms with Crippen LogP contribution in [0.2, 0.25) is 0 Å². The van der Waals surface area contributed by atoms with Crippen LogP contribution in [0.3, 0.4) is 0 Å². The highest BCUT2D eigenvalue weighted by Gasteiger charge is 2.11. The molecule has 0 unspecified atom stereocenters. The molecule has 0 fully saturated rings. The summed E-state index contributed by atoms with van der Waals surface area (Å²) in [6.07, 6.45) is 0. The van der Waals surface area contributed by atoms with Gasteiger partial charge in [-0.15, -0.1) is 0 Å². The van der Waals surface area contributed by atoms with Crippen LogP contribution in [-0.2, 0) is 11.4 Å². The molecule has 0 saturated carbocycles. The molecular weight excluding hydrogens is 196 g/mol. The third-order valence-corrected chi connectivity index (χ3v) is 1.44. The first-order valence-corrected chi connectivity index (χ1v) is 3.83. The van der Waals surface area contributed by atoms with Gasteiger partial charge in [0, 0.05) is 0 Å². The molecule has 1 aromatic heterocycles. The fraction of sp³-hybridized carbons (Fsp3) is 0.250. The second-order valence-corrected chi connectivity index (χ2v) is 2.50. The van der Waals surface area contributed by atoms with Gasteiger partial charge in [0.1, 0.15) is 18.9 Å². The third-order valence-electron chi connectivity index (χ3n) is 1.44. The Hall–Kier alpha value is -1.82. The van der Waals surface area contributed by atoms with Crippen LogP contribution in [0, 0.1) is 0 Å². The molecule has 1 rings (SSSR count). The summed E-state index contributed by atoms with van der Waals surface area (Å²) in [5.74, 6) is -1.51. The summed E-state index contributed by atoms with van der Waals surface area (Å²) in [6, 6.07) is 2.80. The minimum atomic E-state index is -1.13. The molecule has 1 aromatic rings. The van der Waals surface area contributed by atoms with Gasteiger partial charge in [0.05, 0.1) is 0 Å². The molecule has 0 aliphatic carbocycles. The van der Waals surface area contributed by atoms with E-state index in [0.29, 0.717) is 0 Å². The summed E-state index contributed by atoms with van der Waals surface area (Å²) in [7, 11) is 0. The van der Waals surface area contributed by atoms with Crippen molar-refractivity contribution in [3.05, 3.63) is 23.7 Å². The number of hydrogen-bond acceptors (Lipinski definition) is 4. The lowest BCUT2D eigenvalue weighted by Crippen LogP contribution is -2.28. The Kier molecular flexibility index (Phi) is 3.24. The number of carbonyl (C=O) groups excluding carboxylic acids is 1. The topological polar surface area (TPSA) is 99.8 Å². The average Bonchev–Trinajstić information content (AvgIpc) is 2.62. The van der Waals surface area contributed by atoms with Crippen molar-refractivity contribution in [3.8, 4) is 0 Å². The number of nitrogens with one attached hydrogen (secondary N) is 1. The molecule has 0 aliphatic rings. The summed E-state index contributed by atoms with van der Waals surface area (Å²) in [4.78, 5) is 21.2. The van der Waals surface area contributed by atoms with E-state index in [-0.39, 0.29) is 18.1 Å². The Balaban J connectivity index is 2.56. The predicted molar refractivity (Wildman–Crippen MR) is 44.6 cm³/mol. The molecule has 0 saturated heterocycles. The predicted octanol–water partition coefficient (Wildman–Crippen LogP) is -0.414. The van der Waals surface area contributed by atoms with E-state index in [1.807, 2.05) is 0 Å². The summed E-state index contributed by atoms with van der Waals surface area (Å²) in [6.45, 7) is -0.764. The standard InChI is InChI=1S/C8H9NO5/c10-4-5-1-2-6(14-5)8(13)9-3-7(11)12/h1-2,10H,3-4H2,(H,9,13)(H,11,12)/i1+1,2+1,4+1,5+1,6+1,8+1. The van der Waals surface area contributed by atoms with Crippen molar-refractivity contribution in [2.45, 2.75) is 6.61 Å². The molecule has 6 nitrogen and oxygen atoms in total. The summed E-state index contributed by atoms with van der Waals surface area (Å²) in [5.41, 5.74) is 0. The number of amides is 1. The highest BCUT2D eigenvalue weighted by molar-refractivity contribution is 5.93. The third kappa shape index (κ3) is 2.60. The SMILES string of the molecule is O=C(O)CN[13C](=O)[13c]1[13cH][13cH][13c]([13CH2]O)o1. The Morgan fingerprint density at radius 2 is 2.14 bits per heavy atom. The van der Waals surface area contributed by atoms with Gasteiger partial charge in [0.25, 0.3) is 5.91 Å². The van der Waals surface area contributed by atoms with Crippen LogP contribution < -0.4 is 5.32 Å². The number of aliphatic carboxylic acids is 1. The molecule has 3 N–H and O–H groups in total. The maximum absolute atomic E-state index is 11.1. The molecule has 0 aliphatic heterocycles. The van der Waals surface area contributed by atoms with E-state index in [2.05, 4.69) is 5.32 Å². The van der Waals surface area contributed by atoms with Crippen LogP contribution in [0.15, 0.2) is 16.5 Å². The van der Waals surface area contributed by atoms with E-state index in [0.717, 1.165) is 0 Å². The van der Waals surface area contributed by atoms with Gasteiger partial charge in [-0.05, 0) is 12.1 Å². The number of aliphatic hydroxyl groups excluding tert-OH is 1. The van der Waals surface area contributed by atoms with E-state index >= 15 is 0 Å². The van der Waals surface area contributed by atoms with Crippen molar-refractivity contribution in [1.29, 1.82) is 0 Å². The quantitative estimate of drug-likeness (QED) is 0.580. The smallest absolute Gasteiger partial charge is 0.322 e. The van der Waals surface area contributed by atoms with Crippen LogP contribution in [0.4, 0.5) is 0 Å². The lowest BCUT2D eigenvalue weighted by atomic mass is 10.7. The molecule has 0 radical (unpaired) electrons. The van der Waals surface area contributed by atoms with Gasteiger partial charge in [0.2, 0.25) is 0 Å². The Bertz CT molecular complexity index is 343. The Labute approximate surface area is 79.1 Å². The van der Waals surface area contributed by atoms with E-state index < -0.39 is 18.4 Å². The van der Waals surface area contributed by atoms with Crippen LogP contribution in [0.25, 0.3) is 0 Å². The minimum Gasteiger partial charge on any atom is -0.480 e. The molecule has 14 heavy (non-hydrogen) atoms. The number of carbonyl (C=O) groups is 2. The lowest BCUT2D eigenvalue weighted by Gasteiger charge is -1.97. The molecular formula is C8H9NO5. The van der Waals surface area contributed by atoms with Gasteiger partial charge in [-0.25, -0.2) is 0 Å². The van der Waals surface area contributed by atoms with E-state index in [9.17, 15) is 9.59 Å². The van der Waals surface area contributed by atoms with E-state index in [4.69, 9.17) is 14.6 Å². The van der Waals surface area contributed by atoms with Crippen LogP contribution in [0.1, 0.15) is 16.3 Å². The lowest BCUT2D eigenvalue weighted by molar-refractivity contribution is -0.135. The molecule has 0 spiro atoms. The number of hydrogen-bond donors (Lipinski definition) is 3. The largest absolute Gasteiger partial charge is 0.480 e. The summed E-state index contributed by atoms with van der Waals surface area (Å²) < 4.78 is 4.87. The second kappa shape index (κ2) is 4.43. The number of aliphatic hydroxyl groups is 1. The van der Waals surface area contributed by atoms with Crippen molar-refractivity contribution in [3.63, 3.8) is 0 Å². The van der Waals surface area contributed by atoms with Gasteiger partial charge in [-0.1, -0.05) is 0 Å². The van der Waals surface area contributed by atoms with E-state index in [1.54, 1.807) is 0 Å². The first-order valence-electron chi connectivity index (χ1n) is 3.83. The molecule has 0 atom stereocenters. The van der Waals surface area contributed by atoms with Crippen LogP contribution >= 0.6 is 0 Å². The van der Waals surface area contributed by atoms with Crippen LogP contribution in [-0.4, -0.2) is 28.6 Å². The molecule has 76 valence electrons. The molecule has 1 heterocycles. The first kappa shape index (κ1) is 10.3. The first-order chi connectivity index (χ1) is 6.63. The molecule has 6 heteroatoms. The van der Waals surface area contributed by atoms with Crippen molar-refractivity contribution in [1.82, 2.24) is 5.32 Å². The monoisotopic (exact) mass is 205 g/mol.